The molecule has 2 aromatic rings. The standard InChI is InChI=1S/C13H9BrFNO3/c14-10-4-1-7(15)5-12(10)19-8-2-3-9(13(17)18)11(16)6-8/h1-6H,16H2,(H,17,18). The first-order valence-electron chi connectivity index (χ1n) is 5.23. The van der Waals surface area contributed by atoms with Crippen LogP contribution in [0.25, 0.3) is 0 Å². The summed E-state index contributed by atoms with van der Waals surface area (Å²) < 4.78 is 19.1. The summed E-state index contributed by atoms with van der Waals surface area (Å²) in [6, 6.07) is 8.18. The molecular weight excluding hydrogens is 317 g/mol. The second-order valence-corrected chi connectivity index (χ2v) is 4.59. The second-order valence-electron chi connectivity index (χ2n) is 3.73. The van der Waals surface area contributed by atoms with Crippen LogP contribution in [0.4, 0.5) is 10.1 Å². The predicted octanol–water partition coefficient (Wildman–Crippen LogP) is 3.66. The van der Waals surface area contributed by atoms with Crippen molar-refractivity contribution in [1.82, 2.24) is 0 Å². The van der Waals surface area contributed by atoms with E-state index in [4.69, 9.17) is 15.6 Å². The summed E-state index contributed by atoms with van der Waals surface area (Å²) in [5.41, 5.74) is 5.67. The molecule has 0 spiro atoms. The molecule has 0 heterocycles. The monoisotopic (exact) mass is 325 g/mol. The predicted molar refractivity (Wildman–Crippen MR) is 72.0 cm³/mol. The molecule has 6 heteroatoms. The zero-order chi connectivity index (χ0) is 14.0. The Balaban J connectivity index is 2.31. The number of benzene rings is 2. The van der Waals surface area contributed by atoms with Crippen molar-refractivity contribution < 1.29 is 19.0 Å². The van der Waals surface area contributed by atoms with Crippen LogP contribution in [0.2, 0.25) is 0 Å². The van der Waals surface area contributed by atoms with Gasteiger partial charge in [0.15, 0.2) is 0 Å². The number of carbonyl (C=O) groups is 1. The van der Waals surface area contributed by atoms with Crippen molar-refractivity contribution in [2.75, 3.05) is 5.73 Å². The Kier molecular flexibility index (Phi) is 3.71. The maximum Gasteiger partial charge on any atom is 0.337 e. The second kappa shape index (κ2) is 5.27. The first-order valence-corrected chi connectivity index (χ1v) is 6.02. The molecule has 0 atom stereocenters. The SMILES string of the molecule is Nc1cc(Oc2cc(F)ccc2Br)ccc1C(=O)O. The van der Waals surface area contributed by atoms with Crippen LogP contribution in [0.3, 0.4) is 0 Å². The largest absolute Gasteiger partial charge is 0.478 e. The zero-order valence-electron chi connectivity index (χ0n) is 9.56. The molecule has 0 bridgehead atoms. The van der Waals surface area contributed by atoms with Gasteiger partial charge in [-0.05, 0) is 40.2 Å². The van der Waals surface area contributed by atoms with Crippen LogP contribution in [0, 0.1) is 5.82 Å². The molecule has 0 amide bonds. The van der Waals surface area contributed by atoms with Crippen LogP contribution < -0.4 is 10.5 Å². The third kappa shape index (κ3) is 3.03. The summed E-state index contributed by atoms with van der Waals surface area (Å²) in [6.45, 7) is 0. The third-order valence-corrected chi connectivity index (χ3v) is 3.03. The van der Waals surface area contributed by atoms with Crippen LogP contribution in [0.15, 0.2) is 40.9 Å². The average Bonchev–Trinajstić information content (AvgIpc) is 2.33. The van der Waals surface area contributed by atoms with Gasteiger partial charge < -0.3 is 15.6 Å². The minimum absolute atomic E-state index is 0.00865. The maximum absolute atomic E-state index is 13.1. The molecule has 0 saturated carbocycles. The van der Waals surface area contributed by atoms with Gasteiger partial charge in [-0.25, -0.2) is 9.18 Å². The van der Waals surface area contributed by atoms with E-state index < -0.39 is 11.8 Å². The Morgan fingerprint density at radius 2 is 2.00 bits per heavy atom. The van der Waals surface area contributed by atoms with Gasteiger partial charge in [0.05, 0.1) is 10.0 Å². The highest BCUT2D eigenvalue weighted by molar-refractivity contribution is 9.10. The van der Waals surface area contributed by atoms with Crippen molar-refractivity contribution in [3.8, 4) is 11.5 Å². The van der Waals surface area contributed by atoms with E-state index in [-0.39, 0.29) is 17.0 Å². The molecule has 0 saturated heterocycles. The molecule has 0 aliphatic rings. The molecule has 0 aliphatic carbocycles. The molecule has 98 valence electrons. The van der Waals surface area contributed by atoms with Gasteiger partial charge in [-0.15, -0.1) is 0 Å². The Bertz CT molecular complexity index is 646. The van der Waals surface area contributed by atoms with Gasteiger partial charge in [-0.1, -0.05) is 0 Å². The summed E-state index contributed by atoms with van der Waals surface area (Å²) in [5.74, 6) is -0.944. The van der Waals surface area contributed by atoms with Crippen LogP contribution >= 0.6 is 15.9 Å². The summed E-state index contributed by atoms with van der Waals surface area (Å²) in [4.78, 5) is 10.8. The summed E-state index contributed by atoms with van der Waals surface area (Å²) in [7, 11) is 0. The molecular formula is C13H9BrFNO3. The van der Waals surface area contributed by atoms with Crippen molar-refractivity contribution in [2.45, 2.75) is 0 Å². The van der Waals surface area contributed by atoms with Crippen LogP contribution in [0.5, 0.6) is 11.5 Å². The molecule has 2 aromatic carbocycles. The van der Waals surface area contributed by atoms with Gasteiger partial charge in [0.2, 0.25) is 0 Å². The Labute approximate surface area is 116 Å². The van der Waals surface area contributed by atoms with Crippen molar-refractivity contribution in [2.24, 2.45) is 0 Å². The van der Waals surface area contributed by atoms with E-state index in [1.807, 2.05) is 0 Å². The van der Waals surface area contributed by atoms with Gasteiger partial charge in [0.1, 0.15) is 17.3 Å². The number of anilines is 1. The van der Waals surface area contributed by atoms with Gasteiger partial charge in [-0.3, -0.25) is 0 Å². The Morgan fingerprint density at radius 3 is 2.63 bits per heavy atom. The molecule has 0 aromatic heterocycles. The number of hydrogen-bond acceptors (Lipinski definition) is 3. The number of aromatic carboxylic acids is 1. The van der Waals surface area contributed by atoms with Crippen LogP contribution in [-0.4, -0.2) is 11.1 Å². The van der Waals surface area contributed by atoms with Crippen LogP contribution in [-0.2, 0) is 0 Å². The Hall–Kier alpha value is -2.08. The van der Waals surface area contributed by atoms with E-state index in [9.17, 15) is 9.18 Å². The number of nitrogen functional groups attached to an aromatic ring is 1. The molecule has 19 heavy (non-hydrogen) atoms. The number of nitrogens with two attached hydrogens (primary N) is 1. The van der Waals surface area contributed by atoms with E-state index >= 15 is 0 Å². The van der Waals surface area contributed by atoms with Crippen molar-refractivity contribution in [3.63, 3.8) is 0 Å². The molecule has 0 radical (unpaired) electrons. The number of rotatable bonds is 3. The lowest BCUT2D eigenvalue weighted by Gasteiger charge is -2.09. The molecule has 3 N–H and O–H groups in total. The van der Waals surface area contributed by atoms with Crippen LogP contribution in [0.1, 0.15) is 10.4 Å². The number of carboxylic acid groups (broad SMARTS) is 1. The lowest BCUT2D eigenvalue weighted by atomic mass is 10.2. The molecule has 2 rings (SSSR count). The minimum atomic E-state index is -1.11. The number of hydrogen-bond donors (Lipinski definition) is 2. The van der Waals surface area contributed by atoms with E-state index in [0.29, 0.717) is 10.2 Å². The van der Waals surface area contributed by atoms with Gasteiger partial charge >= 0.3 is 5.97 Å². The highest BCUT2D eigenvalue weighted by Crippen LogP contribution is 2.31. The lowest BCUT2D eigenvalue weighted by Crippen LogP contribution is -2.02. The van der Waals surface area contributed by atoms with Gasteiger partial charge in [-0.2, -0.15) is 0 Å². The van der Waals surface area contributed by atoms with E-state index in [1.165, 1.54) is 36.4 Å². The van der Waals surface area contributed by atoms with E-state index in [1.54, 1.807) is 0 Å². The molecule has 4 nitrogen and oxygen atoms in total. The fraction of sp³-hybridized carbons (Fsp3) is 0. The van der Waals surface area contributed by atoms with Gasteiger partial charge in [0, 0.05) is 17.8 Å². The first kappa shape index (κ1) is 13.4. The summed E-state index contributed by atoms with van der Waals surface area (Å²) in [5, 5.41) is 8.85. The van der Waals surface area contributed by atoms with Crippen molar-refractivity contribution in [3.05, 3.63) is 52.3 Å². The topological polar surface area (TPSA) is 72.5 Å². The summed E-state index contributed by atoms with van der Waals surface area (Å²) in [6.07, 6.45) is 0. The number of carboxylic acids is 1. The molecule has 0 unspecified atom stereocenters. The minimum Gasteiger partial charge on any atom is -0.478 e. The molecule has 0 fully saturated rings. The fourth-order valence-corrected chi connectivity index (χ4v) is 1.81. The maximum atomic E-state index is 13.1. The Morgan fingerprint density at radius 1 is 1.26 bits per heavy atom. The average molecular weight is 326 g/mol. The normalized spacial score (nSPS) is 10.2. The highest BCUT2D eigenvalue weighted by Gasteiger charge is 2.10. The first-order chi connectivity index (χ1) is 8.97. The number of ether oxygens (including phenoxy) is 1. The molecule has 0 aliphatic heterocycles. The van der Waals surface area contributed by atoms with Crippen molar-refractivity contribution >= 4 is 27.6 Å². The van der Waals surface area contributed by atoms with E-state index in [2.05, 4.69) is 15.9 Å². The highest BCUT2D eigenvalue weighted by atomic mass is 79.9. The van der Waals surface area contributed by atoms with Gasteiger partial charge in [0.25, 0.3) is 0 Å². The number of halogens is 2. The zero-order valence-corrected chi connectivity index (χ0v) is 11.1. The quantitative estimate of drug-likeness (QED) is 0.844. The summed E-state index contributed by atoms with van der Waals surface area (Å²) >= 11 is 3.23. The smallest absolute Gasteiger partial charge is 0.337 e. The van der Waals surface area contributed by atoms with E-state index in [0.717, 1.165) is 0 Å². The third-order valence-electron chi connectivity index (χ3n) is 2.37. The van der Waals surface area contributed by atoms with Crippen molar-refractivity contribution in [1.29, 1.82) is 0 Å². The lowest BCUT2D eigenvalue weighted by molar-refractivity contribution is 0.0698. The fourth-order valence-electron chi connectivity index (χ4n) is 1.48.